The molecule has 7 N–H and O–H groups in total. The molecule has 0 atom stereocenters. The molecule has 20 nitrogen and oxygen atoms in total. The standard InChI is InChI=1S/C49H67N5O4.C36H50N6O3.C12H18O2/c1-5-54(42-12-19-58-20-13-42)47-28-39(27-44(34(47)4)48(56)50-30-46-32(2)21-33(3)51-49(46)57)38-10-8-35(9-11-38)31-53-17-15-52(16-18-53)14-6-7-43(55)29-45-40-23-36-22-37(25-40)26-41(45)24-36;1-5-42(31-10-18-45-19-11-31)34-22-30(29-8-6-28(7-9-29)24-41-16-14-40(13-12-37)15-17-41)21-32(27(34)4)35(43)38-23-33-25(2)20-26(3)39-36(33)44;13-12(14)6-11-9-2-7-1-8(4-9)5-10(11)3-7/h8-11,21,27-28,36-37,40-42,45H,5-7,12-20,22-26,29-31H2,1-4H3,(H,50,56)(H,51,57);6-9,20-22,31H,5,10-19,23-24,37H2,1-4H3,(H,38,43)(H,39,44);7-11H,1-6H2,(H,13,14). The molecule has 117 heavy (non-hydrogen) atoms. The average molecular weight is 1600 g/mol. The van der Waals surface area contributed by atoms with Crippen LogP contribution in [0.2, 0.25) is 0 Å². The van der Waals surface area contributed by atoms with Gasteiger partial charge < -0.3 is 55.6 Å². The van der Waals surface area contributed by atoms with Gasteiger partial charge in [0, 0.05) is 208 Å². The van der Waals surface area contributed by atoms with Crippen molar-refractivity contribution in [2.24, 2.45) is 64.9 Å². The van der Waals surface area contributed by atoms with Crippen molar-refractivity contribution in [3.8, 4) is 22.3 Å². The van der Waals surface area contributed by atoms with E-state index >= 15 is 0 Å². The second kappa shape index (κ2) is 39.6. The molecule has 0 unspecified atom stereocenters. The van der Waals surface area contributed by atoms with Crippen molar-refractivity contribution in [1.82, 2.24) is 40.2 Å². The number of carboxylic acids is 1. The number of rotatable bonds is 28. The summed E-state index contributed by atoms with van der Waals surface area (Å²) in [6.07, 6.45) is 20.8. The van der Waals surface area contributed by atoms with Crippen LogP contribution in [0.3, 0.4) is 0 Å². The van der Waals surface area contributed by atoms with E-state index in [1.165, 1.54) is 75.3 Å². The molecule has 6 heterocycles. The van der Waals surface area contributed by atoms with E-state index in [-0.39, 0.29) is 36.0 Å². The first-order valence-corrected chi connectivity index (χ1v) is 45.1. The lowest BCUT2D eigenvalue weighted by Crippen LogP contribution is -2.47. The highest BCUT2D eigenvalue weighted by Gasteiger charge is 2.50. The number of anilines is 2. The summed E-state index contributed by atoms with van der Waals surface area (Å²) in [7, 11) is 0. The lowest BCUT2D eigenvalue weighted by Gasteiger charge is -2.54. The van der Waals surface area contributed by atoms with Gasteiger partial charge in [-0.05, 0) is 309 Å². The lowest BCUT2D eigenvalue weighted by molar-refractivity contribution is -0.142. The van der Waals surface area contributed by atoms with Crippen LogP contribution in [0.1, 0.15) is 206 Å². The molecule has 0 radical (unpaired) electrons. The summed E-state index contributed by atoms with van der Waals surface area (Å²) in [5.74, 6) is 7.91. The third-order valence-corrected chi connectivity index (χ3v) is 29.1. The van der Waals surface area contributed by atoms with Gasteiger partial charge in [0.1, 0.15) is 5.78 Å². The topological polar surface area (TPSA) is 242 Å². The van der Waals surface area contributed by atoms with Crippen LogP contribution in [0.25, 0.3) is 22.3 Å². The summed E-state index contributed by atoms with van der Waals surface area (Å²) < 4.78 is 11.4. The first-order chi connectivity index (χ1) is 56.6. The molecule has 12 fully saturated rings. The number of Topliss-reactive ketones (excluding diaryl/α,β-unsaturated/α-hetero) is 1. The number of ketones is 1. The zero-order chi connectivity index (χ0) is 82.0. The molecule has 2 amide bonds. The Labute approximate surface area is 695 Å². The minimum absolute atomic E-state index is 0.159. The number of aromatic nitrogens is 2. The number of hydrogen-bond acceptors (Lipinski definition) is 15. The van der Waals surface area contributed by atoms with Crippen LogP contribution < -0.4 is 37.3 Å². The van der Waals surface area contributed by atoms with Crippen molar-refractivity contribution < 1.29 is 33.8 Å². The number of aliphatic carboxylic acids is 1. The number of piperazine rings is 2. The molecule has 4 aliphatic heterocycles. The number of H-pyrrole nitrogens is 2. The maximum Gasteiger partial charge on any atom is 0.303 e. The number of carbonyl (C=O) groups excluding carboxylic acids is 3. The normalized spacial score (nSPS) is 24.7. The third-order valence-electron chi connectivity index (χ3n) is 29.1. The summed E-state index contributed by atoms with van der Waals surface area (Å²) in [6.45, 7) is 34.0. The smallest absolute Gasteiger partial charge is 0.303 e. The van der Waals surface area contributed by atoms with Crippen molar-refractivity contribution in [3.05, 3.63) is 173 Å². The van der Waals surface area contributed by atoms with Crippen LogP contribution in [0, 0.1) is 101 Å². The highest BCUT2D eigenvalue weighted by molar-refractivity contribution is 6.00. The molecule has 8 aliphatic carbocycles. The second-order valence-corrected chi connectivity index (χ2v) is 36.9. The largest absolute Gasteiger partial charge is 0.481 e. The zero-order valence-electron chi connectivity index (χ0n) is 71.6. The van der Waals surface area contributed by atoms with Crippen LogP contribution in [0.5, 0.6) is 0 Å². The van der Waals surface area contributed by atoms with Gasteiger partial charge in [0.05, 0.1) is 0 Å². The summed E-state index contributed by atoms with van der Waals surface area (Å²) in [4.78, 5) is 97.7. The zero-order valence-corrected chi connectivity index (χ0v) is 71.6. The van der Waals surface area contributed by atoms with E-state index in [2.05, 4.69) is 125 Å². The highest BCUT2D eigenvalue weighted by atomic mass is 16.5. The van der Waals surface area contributed by atoms with Crippen LogP contribution >= 0.6 is 0 Å². The summed E-state index contributed by atoms with van der Waals surface area (Å²) in [5.41, 5.74) is 22.0. The Morgan fingerprint density at radius 1 is 0.479 bits per heavy atom. The molecule has 8 bridgehead atoms. The molecule has 2 aromatic heterocycles. The number of aryl methyl sites for hydroxylation is 4. The number of carbonyl (C=O) groups is 4. The van der Waals surface area contributed by atoms with Gasteiger partial charge in [-0.1, -0.05) is 48.5 Å². The predicted molar refractivity (Wildman–Crippen MR) is 467 cm³/mol. The Bertz CT molecular complexity index is 4450. The van der Waals surface area contributed by atoms with Gasteiger partial charge in [-0.15, -0.1) is 0 Å². The number of nitrogens with one attached hydrogen (secondary N) is 4. The van der Waals surface area contributed by atoms with Crippen LogP contribution in [0.15, 0.2) is 94.5 Å². The third kappa shape index (κ3) is 21.3. The van der Waals surface area contributed by atoms with Gasteiger partial charge in [0.2, 0.25) is 0 Å². The minimum Gasteiger partial charge on any atom is -0.481 e. The van der Waals surface area contributed by atoms with E-state index in [1.54, 1.807) is 0 Å². The fourth-order valence-corrected chi connectivity index (χ4v) is 23.2. The first-order valence-electron chi connectivity index (χ1n) is 45.1. The Balaban J connectivity index is 0.000000168. The van der Waals surface area contributed by atoms with Gasteiger partial charge in [-0.3, -0.25) is 43.5 Å². The predicted octanol–water partition coefficient (Wildman–Crippen LogP) is 14.3. The molecule has 0 spiro atoms. The lowest BCUT2D eigenvalue weighted by atomic mass is 9.51. The monoisotopic (exact) mass is 1600 g/mol. The Kier molecular flexibility index (Phi) is 29.0. The van der Waals surface area contributed by atoms with Gasteiger partial charge in [-0.2, -0.15) is 0 Å². The van der Waals surface area contributed by atoms with Crippen LogP contribution in [-0.2, 0) is 45.2 Å². The molecule has 6 aromatic rings. The summed E-state index contributed by atoms with van der Waals surface area (Å²) in [5, 5.41) is 15.0. The number of pyridine rings is 2. The fraction of sp³-hybridized carbons (Fsp3) is 0.608. The van der Waals surface area contributed by atoms with E-state index in [0.717, 1.165) is 278 Å². The molecule has 18 rings (SSSR count). The van der Waals surface area contributed by atoms with Crippen molar-refractivity contribution in [2.45, 2.75) is 209 Å². The van der Waals surface area contributed by atoms with Crippen molar-refractivity contribution >= 4 is 34.9 Å². The Morgan fingerprint density at radius 3 is 1.21 bits per heavy atom. The van der Waals surface area contributed by atoms with Crippen molar-refractivity contribution in [2.75, 3.05) is 121 Å². The second-order valence-electron chi connectivity index (χ2n) is 36.9. The number of nitrogens with zero attached hydrogens (tertiary/aromatic N) is 6. The molecule has 4 saturated heterocycles. The fourth-order valence-electron chi connectivity index (χ4n) is 23.2. The molecular formula is C97H135N11O9. The number of nitrogens with two attached hydrogens (primary N) is 1. The van der Waals surface area contributed by atoms with E-state index in [4.69, 9.17) is 20.3 Å². The molecule has 4 aromatic carbocycles. The van der Waals surface area contributed by atoms with E-state index in [1.807, 2.05) is 65.8 Å². The number of carboxylic acid groups (broad SMARTS) is 1. The van der Waals surface area contributed by atoms with Crippen LogP contribution in [-0.4, -0.2) is 182 Å². The number of amides is 2. The molecular weight excluding hydrogens is 1460 g/mol. The molecule has 12 aliphatic rings. The van der Waals surface area contributed by atoms with Crippen LogP contribution in [0.4, 0.5) is 11.4 Å². The highest BCUT2D eigenvalue weighted by Crippen LogP contribution is 2.59. The van der Waals surface area contributed by atoms with Gasteiger partial charge in [0.15, 0.2) is 0 Å². The van der Waals surface area contributed by atoms with Gasteiger partial charge in [-0.25, -0.2) is 0 Å². The maximum atomic E-state index is 14.0. The van der Waals surface area contributed by atoms with E-state index < -0.39 is 5.97 Å². The first kappa shape index (κ1) is 85.6. The van der Waals surface area contributed by atoms with E-state index in [0.29, 0.717) is 64.9 Å². The summed E-state index contributed by atoms with van der Waals surface area (Å²) in [6, 6.07) is 30.7. The number of ether oxygens (including phenoxy) is 2. The number of hydrogen-bond donors (Lipinski definition) is 6. The minimum atomic E-state index is -0.581. The number of benzene rings is 4. The maximum absolute atomic E-state index is 14.0. The number of aromatic amines is 2. The molecule has 632 valence electrons. The van der Waals surface area contributed by atoms with Crippen molar-refractivity contribution in [1.29, 1.82) is 0 Å². The summed E-state index contributed by atoms with van der Waals surface area (Å²) >= 11 is 0. The SMILES string of the molecule is CCN(c1cc(-c2ccc(CN3CCN(CCCC(=O)CC4C5CC6CC(C5)CC4C6)CC3)cc2)cc(C(=O)NCc2c(C)cc(C)[nH]c2=O)c1C)C1CCOCC1.CCN(c1cc(-c2ccc(CN3CCN(CCN)CC3)cc2)cc(C(=O)NCc2c(C)cc(C)[nH]c2=O)c1C)C1CCOCC1.O=C(O)CC1C2CC3CC(C2)CC1C3. The van der Waals surface area contributed by atoms with Gasteiger partial charge in [0.25, 0.3) is 22.9 Å². The van der Waals surface area contributed by atoms with E-state index in [9.17, 15) is 28.8 Å². The molecule has 8 saturated carbocycles. The van der Waals surface area contributed by atoms with Gasteiger partial charge >= 0.3 is 5.97 Å². The molecule has 20 heteroatoms. The van der Waals surface area contributed by atoms with Crippen molar-refractivity contribution in [3.63, 3.8) is 0 Å². The average Bonchev–Trinajstić information content (AvgIpc) is 0.777. The Hall–Kier alpha value is -7.82. The Morgan fingerprint density at radius 2 is 0.846 bits per heavy atom. The quantitative estimate of drug-likeness (QED) is 0.0268.